The van der Waals surface area contributed by atoms with Crippen LogP contribution in [-0.4, -0.2) is 24.4 Å². The number of rotatable bonds is 3. The fraction of sp³-hybridized carbons (Fsp3) is 0.429. The molecule has 0 aliphatic carbocycles. The lowest BCUT2D eigenvalue weighted by Crippen LogP contribution is -2.58. The second-order valence-corrected chi connectivity index (χ2v) is 6.92. The maximum absolute atomic E-state index is 12.5. The summed E-state index contributed by atoms with van der Waals surface area (Å²) < 4.78 is 0.990. The Labute approximate surface area is 137 Å². The molecule has 1 saturated heterocycles. The summed E-state index contributed by atoms with van der Waals surface area (Å²) >= 11 is 8.35. The average Bonchev–Trinajstić information content (AvgIpc) is 2.33. The van der Waals surface area contributed by atoms with Gasteiger partial charge in [-0.2, -0.15) is 0 Å². The molecule has 20 heavy (non-hydrogen) atoms. The van der Waals surface area contributed by atoms with E-state index in [0.29, 0.717) is 23.0 Å². The molecule has 0 radical (unpaired) electrons. The molecule has 1 N–H and O–H groups in total. The summed E-state index contributed by atoms with van der Waals surface area (Å²) in [7, 11) is 0. The topological polar surface area (TPSA) is 49.4 Å². The number of nitrogens with one attached hydrogen (secondary N) is 1. The fourth-order valence-corrected chi connectivity index (χ4v) is 3.20. The third kappa shape index (κ3) is 3.44. The number of carbonyl (C=O) groups is 2. The first-order valence-electron chi connectivity index (χ1n) is 6.44. The van der Waals surface area contributed by atoms with Gasteiger partial charge >= 0.3 is 0 Å². The van der Waals surface area contributed by atoms with Crippen molar-refractivity contribution in [3.8, 4) is 0 Å². The zero-order valence-electron chi connectivity index (χ0n) is 11.3. The largest absolute Gasteiger partial charge is 0.343 e. The van der Waals surface area contributed by atoms with Crippen LogP contribution >= 0.6 is 34.2 Å². The molecule has 1 unspecified atom stereocenters. The van der Waals surface area contributed by atoms with Crippen molar-refractivity contribution in [1.82, 2.24) is 5.32 Å². The summed E-state index contributed by atoms with van der Waals surface area (Å²) in [5, 5.41) is 3.24. The SMILES string of the molecule is CC(C)CC1NC(=O)CN(c2ccc(I)cc2Cl)C1=O. The maximum Gasteiger partial charge on any atom is 0.250 e. The van der Waals surface area contributed by atoms with Crippen molar-refractivity contribution in [1.29, 1.82) is 0 Å². The molecule has 0 spiro atoms. The van der Waals surface area contributed by atoms with Gasteiger partial charge in [-0.05, 0) is 53.1 Å². The Morgan fingerprint density at radius 2 is 2.15 bits per heavy atom. The summed E-state index contributed by atoms with van der Waals surface area (Å²) in [5.41, 5.74) is 0.598. The summed E-state index contributed by atoms with van der Waals surface area (Å²) in [6.45, 7) is 4.07. The second-order valence-electron chi connectivity index (χ2n) is 5.27. The van der Waals surface area contributed by atoms with E-state index in [1.165, 1.54) is 4.90 Å². The molecule has 108 valence electrons. The number of amides is 2. The fourth-order valence-electron chi connectivity index (χ4n) is 2.25. The standard InChI is InChI=1S/C14H16ClIN2O2/c1-8(2)5-11-14(20)18(7-13(19)17-11)12-4-3-9(16)6-10(12)15/h3-4,6,8,11H,5,7H2,1-2H3,(H,17,19). The molecule has 1 aromatic rings. The molecule has 4 nitrogen and oxygen atoms in total. The van der Waals surface area contributed by atoms with Gasteiger partial charge in [0.15, 0.2) is 0 Å². The van der Waals surface area contributed by atoms with Crippen molar-refractivity contribution in [3.63, 3.8) is 0 Å². The molecule has 6 heteroatoms. The predicted octanol–water partition coefficient (Wildman–Crippen LogP) is 2.82. The van der Waals surface area contributed by atoms with Gasteiger partial charge in [0.2, 0.25) is 11.8 Å². The van der Waals surface area contributed by atoms with Gasteiger partial charge in [0.1, 0.15) is 12.6 Å². The third-order valence-corrected chi connectivity index (χ3v) is 4.08. The van der Waals surface area contributed by atoms with E-state index >= 15 is 0 Å². The van der Waals surface area contributed by atoms with Gasteiger partial charge in [-0.15, -0.1) is 0 Å². The molecular weight excluding hydrogens is 391 g/mol. The van der Waals surface area contributed by atoms with Gasteiger partial charge in [0, 0.05) is 3.57 Å². The van der Waals surface area contributed by atoms with Gasteiger partial charge < -0.3 is 5.32 Å². The van der Waals surface area contributed by atoms with Crippen LogP contribution in [0.5, 0.6) is 0 Å². The predicted molar refractivity (Wildman–Crippen MR) is 87.9 cm³/mol. The number of carbonyl (C=O) groups excluding carboxylic acids is 2. The van der Waals surface area contributed by atoms with Crippen molar-refractivity contribution in [2.45, 2.75) is 26.3 Å². The van der Waals surface area contributed by atoms with Crippen LogP contribution in [0.1, 0.15) is 20.3 Å². The van der Waals surface area contributed by atoms with E-state index in [0.717, 1.165) is 3.57 Å². The summed E-state index contributed by atoms with van der Waals surface area (Å²) in [5.74, 6) is 0.0858. The Morgan fingerprint density at radius 3 is 2.75 bits per heavy atom. The van der Waals surface area contributed by atoms with Gasteiger partial charge in [-0.1, -0.05) is 25.4 Å². The highest BCUT2D eigenvalue weighted by Crippen LogP contribution is 2.29. The van der Waals surface area contributed by atoms with E-state index in [1.54, 1.807) is 12.1 Å². The van der Waals surface area contributed by atoms with E-state index in [4.69, 9.17) is 11.6 Å². The Balaban J connectivity index is 2.30. The highest BCUT2D eigenvalue weighted by atomic mass is 127. The van der Waals surface area contributed by atoms with E-state index < -0.39 is 6.04 Å². The van der Waals surface area contributed by atoms with Crippen molar-refractivity contribution in [2.75, 3.05) is 11.4 Å². The molecule has 1 atom stereocenters. The molecule has 2 amide bonds. The van der Waals surface area contributed by atoms with E-state index in [1.807, 2.05) is 19.9 Å². The Morgan fingerprint density at radius 1 is 1.45 bits per heavy atom. The molecule has 1 heterocycles. The quantitative estimate of drug-likeness (QED) is 0.785. The molecule has 1 aliphatic heterocycles. The van der Waals surface area contributed by atoms with Crippen LogP contribution in [0.25, 0.3) is 0 Å². The molecular formula is C14H16ClIN2O2. The number of benzene rings is 1. The minimum Gasteiger partial charge on any atom is -0.343 e. The van der Waals surface area contributed by atoms with Crippen molar-refractivity contribution in [2.24, 2.45) is 5.92 Å². The number of piperazine rings is 1. The first kappa shape index (κ1) is 15.6. The van der Waals surface area contributed by atoms with Crippen molar-refractivity contribution >= 4 is 51.7 Å². The lowest BCUT2D eigenvalue weighted by atomic mass is 10.0. The average molecular weight is 407 g/mol. The first-order chi connectivity index (χ1) is 9.38. The number of halogens is 2. The Bertz CT molecular complexity index is 548. The lowest BCUT2D eigenvalue weighted by molar-refractivity contribution is -0.131. The van der Waals surface area contributed by atoms with Gasteiger partial charge in [-0.25, -0.2) is 0 Å². The monoisotopic (exact) mass is 406 g/mol. The van der Waals surface area contributed by atoms with Crippen molar-refractivity contribution < 1.29 is 9.59 Å². The second kappa shape index (κ2) is 6.30. The third-order valence-electron chi connectivity index (χ3n) is 3.11. The zero-order chi connectivity index (χ0) is 14.9. The molecule has 2 rings (SSSR count). The van der Waals surface area contributed by atoms with Gasteiger partial charge in [-0.3, -0.25) is 14.5 Å². The molecule has 1 aliphatic rings. The Hall–Kier alpha value is -0.820. The minimum absolute atomic E-state index is 0.0216. The van der Waals surface area contributed by atoms with Crippen LogP contribution < -0.4 is 10.2 Å². The van der Waals surface area contributed by atoms with Crippen LogP contribution in [0.2, 0.25) is 5.02 Å². The Kier molecular flexibility index (Phi) is 4.90. The van der Waals surface area contributed by atoms with Gasteiger partial charge in [0.05, 0.1) is 10.7 Å². The number of nitrogens with zero attached hydrogens (tertiary/aromatic N) is 1. The van der Waals surface area contributed by atoms with E-state index in [-0.39, 0.29) is 18.4 Å². The minimum atomic E-state index is -0.466. The molecule has 1 fully saturated rings. The van der Waals surface area contributed by atoms with Crippen LogP contribution in [0, 0.1) is 9.49 Å². The highest BCUT2D eigenvalue weighted by Gasteiger charge is 2.34. The van der Waals surface area contributed by atoms with Crippen LogP contribution in [0.3, 0.4) is 0 Å². The smallest absolute Gasteiger partial charge is 0.250 e. The molecule has 0 saturated carbocycles. The van der Waals surface area contributed by atoms with Crippen LogP contribution in [0.15, 0.2) is 18.2 Å². The van der Waals surface area contributed by atoms with Crippen LogP contribution in [0.4, 0.5) is 5.69 Å². The zero-order valence-corrected chi connectivity index (χ0v) is 14.2. The van der Waals surface area contributed by atoms with Crippen molar-refractivity contribution in [3.05, 3.63) is 26.8 Å². The van der Waals surface area contributed by atoms with E-state index in [2.05, 4.69) is 27.9 Å². The molecule has 0 bridgehead atoms. The molecule has 1 aromatic carbocycles. The molecule has 0 aromatic heterocycles. The normalized spacial score (nSPS) is 19.4. The first-order valence-corrected chi connectivity index (χ1v) is 7.90. The summed E-state index contributed by atoms with van der Waals surface area (Å²) in [6, 6.07) is 4.98. The highest BCUT2D eigenvalue weighted by molar-refractivity contribution is 14.1. The number of anilines is 1. The number of hydrogen-bond acceptors (Lipinski definition) is 2. The summed E-state index contributed by atoms with van der Waals surface area (Å²) in [6.07, 6.45) is 0.628. The summed E-state index contributed by atoms with van der Waals surface area (Å²) in [4.78, 5) is 25.8. The van der Waals surface area contributed by atoms with Crippen LogP contribution in [-0.2, 0) is 9.59 Å². The van der Waals surface area contributed by atoms with E-state index in [9.17, 15) is 9.59 Å². The maximum atomic E-state index is 12.5. The lowest BCUT2D eigenvalue weighted by Gasteiger charge is -2.33. The van der Waals surface area contributed by atoms with Gasteiger partial charge in [0.25, 0.3) is 0 Å². The number of hydrogen-bond donors (Lipinski definition) is 1.